The molecule has 2 N–H and O–H groups in total. The number of nitrogens with one attached hydrogen (secondary N) is 2. The quantitative estimate of drug-likeness (QED) is 0.215. The molecular weight excluding hydrogens is 547 g/mol. The SMILES string of the molecule is O=c1[nH]c2ccc(Cl)cc2c(-c2ccccc2)c1C1=NN(C(=S)Nc2ccccc2)C(c2ccccc2Cl)C1. The van der Waals surface area contributed by atoms with E-state index in [4.69, 9.17) is 40.5 Å². The van der Waals surface area contributed by atoms with Gasteiger partial charge < -0.3 is 10.3 Å². The van der Waals surface area contributed by atoms with Gasteiger partial charge in [-0.05, 0) is 59.7 Å². The number of hydrazone groups is 1. The molecular formula is C31H22Cl2N4OS. The smallest absolute Gasteiger partial charge is 0.258 e. The van der Waals surface area contributed by atoms with E-state index in [1.54, 1.807) is 11.1 Å². The average molecular weight is 570 g/mol. The van der Waals surface area contributed by atoms with Crippen LogP contribution in [0.1, 0.15) is 23.6 Å². The van der Waals surface area contributed by atoms with E-state index in [1.165, 1.54) is 0 Å². The van der Waals surface area contributed by atoms with Gasteiger partial charge in [0, 0.05) is 38.6 Å². The van der Waals surface area contributed by atoms with Gasteiger partial charge in [-0.25, -0.2) is 5.01 Å². The van der Waals surface area contributed by atoms with Crippen LogP contribution < -0.4 is 10.9 Å². The molecule has 0 fully saturated rings. The predicted molar refractivity (Wildman–Crippen MR) is 165 cm³/mol. The Balaban J connectivity index is 1.54. The van der Waals surface area contributed by atoms with Crippen LogP contribution >= 0.6 is 35.4 Å². The monoisotopic (exact) mass is 568 g/mol. The summed E-state index contributed by atoms with van der Waals surface area (Å²) >= 11 is 18.9. The number of aromatic nitrogens is 1. The molecule has 2 heterocycles. The molecule has 0 saturated carbocycles. The number of anilines is 1. The van der Waals surface area contributed by atoms with Crippen LogP contribution in [0.2, 0.25) is 10.0 Å². The molecule has 0 bridgehead atoms. The molecule has 39 heavy (non-hydrogen) atoms. The van der Waals surface area contributed by atoms with E-state index in [1.807, 2.05) is 97.1 Å². The van der Waals surface area contributed by atoms with E-state index < -0.39 is 0 Å². The van der Waals surface area contributed by atoms with Crippen molar-refractivity contribution in [2.75, 3.05) is 5.32 Å². The molecule has 5 aromatic rings. The lowest BCUT2D eigenvalue weighted by Crippen LogP contribution is -2.31. The molecule has 0 saturated heterocycles. The average Bonchev–Trinajstić information content (AvgIpc) is 3.39. The maximum atomic E-state index is 13.7. The van der Waals surface area contributed by atoms with Crippen molar-refractivity contribution < 1.29 is 0 Å². The lowest BCUT2D eigenvalue weighted by atomic mass is 9.91. The first kappa shape index (κ1) is 25.3. The number of hydrogen-bond donors (Lipinski definition) is 2. The summed E-state index contributed by atoms with van der Waals surface area (Å²) < 4.78 is 0. The molecule has 0 radical (unpaired) electrons. The van der Waals surface area contributed by atoms with Gasteiger partial charge in [0.05, 0.1) is 17.3 Å². The molecule has 8 heteroatoms. The minimum atomic E-state index is -0.310. The van der Waals surface area contributed by atoms with Crippen molar-refractivity contribution >= 4 is 62.8 Å². The number of pyridine rings is 1. The Morgan fingerprint density at radius 1 is 0.897 bits per heavy atom. The maximum Gasteiger partial charge on any atom is 0.258 e. The summed E-state index contributed by atoms with van der Waals surface area (Å²) in [4.78, 5) is 16.7. The Labute approximate surface area is 240 Å². The highest BCUT2D eigenvalue weighted by molar-refractivity contribution is 7.80. The Kier molecular flexibility index (Phi) is 6.92. The summed E-state index contributed by atoms with van der Waals surface area (Å²) in [6.07, 6.45) is 0.426. The molecule has 1 aliphatic rings. The van der Waals surface area contributed by atoms with E-state index in [-0.39, 0.29) is 11.6 Å². The number of H-pyrrole nitrogens is 1. The summed E-state index contributed by atoms with van der Waals surface area (Å²) in [5, 5.41) is 12.4. The number of thiocarbonyl (C=S) groups is 1. The number of benzene rings is 4. The summed E-state index contributed by atoms with van der Waals surface area (Å²) in [6.45, 7) is 0. The fourth-order valence-corrected chi connectivity index (χ4v) is 5.70. The molecule has 0 amide bonds. The number of fused-ring (bicyclic) bond motifs is 1. The summed E-state index contributed by atoms with van der Waals surface area (Å²) in [7, 11) is 0. The third-order valence-electron chi connectivity index (χ3n) is 6.73. The van der Waals surface area contributed by atoms with Gasteiger partial charge in [0.2, 0.25) is 0 Å². The molecule has 0 aliphatic carbocycles. The van der Waals surface area contributed by atoms with Crippen LogP contribution in [-0.4, -0.2) is 20.8 Å². The zero-order valence-electron chi connectivity index (χ0n) is 20.6. The normalized spacial score (nSPS) is 14.9. The highest BCUT2D eigenvalue weighted by Crippen LogP contribution is 2.39. The van der Waals surface area contributed by atoms with Gasteiger partial charge in [-0.1, -0.05) is 89.9 Å². The van der Waals surface area contributed by atoms with Crippen molar-refractivity contribution in [2.45, 2.75) is 12.5 Å². The number of aromatic amines is 1. The zero-order valence-corrected chi connectivity index (χ0v) is 22.9. The molecule has 192 valence electrons. The molecule has 1 atom stereocenters. The van der Waals surface area contributed by atoms with E-state index in [0.29, 0.717) is 38.4 Å². The zero-order chi connectivity index (χ0) is 26.9. The predicted octanol–water partition coefficient (Wildman–Crippen LogP) is 8.05. The molecule has 4 aromatic carbocycles. The summed E-state index contributed by atoms with van der Waals surface area (Å²) in [5.74, 6) is 0. The minimum absolute atomic E-state index is 0.232. The van der Waals surface area contributed by atoms with Crippen LogP contribution in [0.4, 0.5) is 5.69 Å². The fraction of sp³-hybridized carbons (Fsp3) is 0.0645. The molecule has 1 aromatic heterocycles. The second-order valence-corrected chi connectivity index (χ2v) is 10.4. The number of para-hydroxylation sites is 1. The van der Waals surface area contributed by atoms with Crippen molar-refractivity contribution in [3.05, 3.63) is 135 Å². The van der Waals surface area contributed by atoms with Crippen LogP contribution in [0.5, 0.6) is 0 Å². The fourth-order valence-electron chi connectivity index (χ4n) is 4.98. The van der Waals surface area contributed by atoms with Crippen LogP contribution in [0.15, 0.2) is 113 Å². The lowest BCUT2D eigenvalue weighted by molar-refractivity contribution is 0.375. The molecule has 1 aliphatic heterocycles. The van der Waals surface area contributed by atoms with Gasteiger partial charge in [0.15, 0.2) is 5.11 Å². The first-order valence-corrected chi connectivity index (χ1v) is 13.5. The maximum absolute atomic E-state index is 13.7. The van der Waals surface area contributed by atoms with Gasteiger partial charge in [0.1, 0.15) is 0 Å². The third kappa shape index (κ3) is 4.94. The van der Waals surface area contributed by atoms with Crippen LogP contribution in [0.3, 0.4) is 0 Å². The van der Waals surface area contributed by atoms with Crippen LogP contribution in [0.25, 0.3) is 22.0 Å². The van der Waals surface area contributed by atoms with E-state index in [0.717, 1.165) is 27.8 Å². The largest absolute Gasteiger partial charge is 0.331 e. The molecule has 6 rings (SSSR count). The Morgan fingerprint density at radius 3 is 2.33 bits per heavy atom. The van der Waals surface area contributed by atoms with Gasteiger partial charge >= 0.3 is 0 Å². The second-order valence-electron chi connectivity index (χ2n) is 9.19. The highest BCUT2D eigenvalue weighted by atomic mass is 35.5. The summed E-state index contributed by atoms with van der Waals surface area (Å²) in [6, 6.07) is 32.3. The van der Waals surface area contributed by atoms with E-state index in [2.05, 4.69) is 10.3 Å². The first-order valence-electron chi connectivity index (χ1n) is 12.4. The number of nitrogens with zero attached hydrogens (tertiary/aromatic N) is 2. The van der Waals surface area contributed by atoms with Crippen molar-refractivity contribution in [1.29, 1.82) is 0 Å². The Morgan fingerprint density at radius 2 is 1.59 bits per heavy atom. The lowest BCUT2D eigenvalue weighted by Gasteiger charge is -2.25. The van der Waals surface area contributed by atoms with Crippen molar-refractivity contribution in [1.82, 2.24) is 9.99 Å². The Hall–Kier alpha value is -3.97. The molecule has 1 unspecified atom stereocenters. The van der Waals surface area contributed by atoms with Crippen LogP contribution in [0, 0.1) is 0 Å². The summed E-state index contributed by atoms with van der Waals surface area (Å²) in [5.41, 5.74) is 4.94. The standard InChI is InChI=1S/C31H22Cl2N4OS/c32-20-15-16-25-23(17-20)28(19-9-3-1-4-10-19)29(30(38)35-25)26-18-27(22-13-7-8-14-24(22)33)37(36-26)31(39)34-21-11-5-2-6-12-21/h1-17,27H,18H2,(H,34,39)(H,35,38). The van der Waals surface area contributed by atoms with Gasteiger partial charge in [-0.2, -0.15) is 5.10 Å². The van der Waals surface area contributed by atoms with E-state index in [9.17, 15) is 4.79 Å². The van der Waals surface area contributed by atoms with Crippen molar-refractivity contribution in [3.63, 3.8) is 0 Å². The molecule has 0 spiro atoms. The minimum Gasteiger partial charge on any atom is -0.331 e. The van der Waals surface area contributed by atoms with Crippen molar-refractivity contribution in [2.24, 2.45) is 5.10 Å². The first-order chi connectivity index (χ1) is 19.0. The van der Waals surface area contributed by atoms with Gasteiger partial charge in [0.25, 0.3) is 5.56 Å². The van der Waals surface area contributed by atoms with Gasteiger partial charge in [-0.15, -0.1) is 0 Å². The molecule has 5 nitrogen and oxygen atoms in total. The number of halogens is 2. The van der Waals surface area contributed by atoms with Crippen molar-refractivity contribution in [3.8, 4) is 11.1 Å². The number of hydrogen-bond acceptors (Lipinski definition) is 3. The second kappa shape index (κ2) is 10.7. The third-order valence-corrected chi connectivity index (χ3v) is 7.60. The topological polar surface area (TPSA) is 60.5 Å². The number of rotatable bonds is 4. The Bertz CT molecular complexity index is 1790. The van der Waals surface area contributed by atoms with Crippen LogP contribution in [-0.2, 0) is 0 Å². The van der Waals surface area contributed by atoms with E-state index >= 15 is 0 Å². The highest BCUT2D eigenvalue weighted by Gasteiger charge is 2.35. The van der Waals surface area contributed by atoms with Gasteiger partial charge in [-0.3, -0.25) is 4.79 Å².